The number of ether oxygens (including phenoxy) is 1. The molecule has 1 N–H and O–H groups in total. The van der Waals surface area contributed by atoms with Crippen molar-refractivity contribution >= 4 is 11.9 Å². The molecule has 0 radical (unpaired) electrons. The van der Waals surface area contributed by atoms with Crippen LogP contribution in [-0.4, -0.2) is 31.7 Å². The molecule has 100 valence electrons. The molecule has 0 saturated carbocycles. The first kappa shape index (κ1) is 13.0. The molecule has 0 fully saturated rings. The van der Waals surface area contributed by atoms with Crippen molar-refractivity contribution in [2.24, 2.45) is 0 Å². The second kappa shape index (κ2) is 5.05. The number of amides is 1. The van der Waals surface area contributed by atoms with Crippen LogP contribution in [0.25, 0.3) is 5.69 Å². The van der Waals surface area contributed by atoms with E-state index in [1.807, 2.05) is 0 Å². The van der Waals surface area contributed by atoms with Gasteiger partial charge in [0.2, 0.25) is 0 Å². The highest BCUT2D eigenvalue weighted by molar-refractivity contribution is 5.83. The van der Waals surface area contributed by atoms with Gasteiger partial charge in [0.15, 0.2) is 5.82 Å². The second-order valence-electron chi connectivity index (χ2n) is 4.88. The molecule has 19 heavy (non-hydrogen) atoms. The fraction of sp³-hybridized carbons (Fsp3) is 0.333. The van der Waals surface area contributed by atoms with E-state index in [-0.39, 0.29) is 0 Å². The number of hydrogen-bond acceptors (Lipinski definition) is 5. The van der Waals surface area contributed by atoms with E-state index in [1.165, 1.54) is 4.68 Å². The zero-order chi connectivity index (χ0) is 13.9. The molecule has 0 saturated heterocycles. The predicted octanol–water partition coefficient (Wildman–Crippen LogP) is 2.01. The Morgan fingerprint density at radius 1 is 1.32 bits per heavy atom. The summed E-state index contributed by atoms with van der Waals surface area (Å²) in [5.41, 5.74) is 0.255. The minimum absolute atomic E-state index is 0.325. The van der Waals surface area contributed by atoms with Crippen LogP contribution >= 0.6 is 0 Å². The second-order valence-corrected chi connectivity index (χ2v) is 4.88. The largest absolute Gasteiger partial charge is 0.444 e. The molecular weight excluding hydrogens is 246 g/mol. The summed E-state index contributed by atoms with van der Waals surface area (Å²) in [5.74, 6) is 0.325. The van der Waals surface area contributed by atoms with Gasteiger partial charge in [0.05, 0.1) is 11.9 Å². The summed E-state index contributed by atoms with van der Waals surface area (Å²) in [6, 6.07) is 3.57. The Hall–Kier alpha value is -2.44. The third-order valence-corrected chi connectivity index (χ3v) is 2.05. The summed E-state index contributed by atoms with van der Waals surface area (Å²) >= 11 is 0. The normalized spacial score (nSPS) is 11.1. The lowest BCUT2D eigenvalue weighted by Gasteiger charge is -2.18. The zero-order valence-electron chi connectivity index (χ0n) is 11.0. The minimum Gasteiger partial charge on any atom is -0.444 e. The Morgan fingerprint density at radius 3 is 2.63 bits per heavy atom. The van der Waals surface area contributed by atoms with E-state index >= 15 is 0 Å². The highest BCUT2D eigenvalue weighted by Crippen LogP contribution is 2.11. The van der Waals surface area contributed by atoms with E-state index in [0.717, 1.165) is 5.69 Å². The van der Waals surface area contributed by atoms with Gasteiger partial charge in [-0.2, -0.15) is 0 Å². The number of anilines is 1. The van der Waals surface area contributed by atoms with Crippen LogP contribution in [0, 0.1) is 0 Å². The first-order chi connectivity index (χ1) is 8.94. The molecule has 0 bridgehead atoms. The maximum absolute atomic E-state index is 11.6. The van der Waals surface area contributed by atoms with Gasteiger partial charge in [0, 0.05) is 12.4 Å². The minimum atomic E-state index is -0.561. The number of carbonyl (C=O) groups excluding carboxylic acids is 1. The zero-order valence-corrected chi connectivity index (χ0v) is 11.0. The Bertz CT molecular complexity index is 559. The Morgan fingerprint density at radius 2 is 2.00 bits per heavy atom. The Labute approximate surface area is 110 Å². The van der Waals surface area contributed by atoms with E-state index < -0.39 is 11.7 Å². The molecular formula is C12H15N5O2. The molecule has 0 aromatic carbocycles. The molecule has 0 aliphatic rings. The maximum Gasteiger partial charge on any atom is 0.413 e. The standard InChI is InChI=1S/C12H15N5O2/c1-12(2,3)19-11(18)14-10-8-17(16-15-10)9-4-6-13-7-5-9/h4-8H,1-3H3,(H,14,18). The van der Waals surface area contributed by atoms with Crippen LogP contribution in [0.4, 0.5) is 10.6 Å². The number of hydrogen-bond donors (Lipinski definition) is 1. The van der Waals surface area contributed by atoms with Crippen LogP contribution in [0.5, 0.6) is 0 Å². The van der Waals surface area contributed by atoms with Crippen molar-refractivity contribution < 1.29 is 9.53 Å². The molecule has 2 heterocycles. The smallest absolute Gasteiger partial charge is 0.413 e. The molecule has 7 nitrogen and oxygen atoms in total. The van der Waals surface area contributed by atoms with E-state index in [9.17, 15) is 4.79 Å². The SMILES string of the molecule is CC(C)(C)OC(=O)Nc1cn(-c2ccncc2)nn1. The molecule has 0 aliphatic heterocycles. The average Bonchev–Trinajstić information content (AvgIpc) is 2.76. The molecule has 0 atom stereocenters. The van der Waals surface area contributed by atoms with Gasteiger partial charge in [-0.05, 0) is 32.9 Å². The molecule has 0 spiro atoms. The fourth-order valence-electron chi connectivity index (χ4n) is 1.35. The quantitative estimate of drug-likeness (QED) is 0.894. The van der Waals surface area contributed by atoms with E-state index in [4.69, 9.17) is 4.74 Å². The number of nitrogens with zero attached hydrogens (tertiary/aromatic N) is 4. The monoisotopic (exact) mass is 261 g/mol. The summed E-state index contributed by atoms with van der Waals surface area (Å²) in [6.45, 7) is 5.38. The Kier molecular flexibility index (Phi) is 3.46. The first-order valence-corrected chi connectivity index (χ1v) is 5.77. The topological polar surface area (TPSA) is 81.9 Å². The van der Waals surface area contributed by atoms with Crippen molar-refractivity contribution in [3.63, 3.8) is 0 Å². The lowest BCUT2D eigenvalue weighted by atomic mass is 10.2. The van der Waals surface area contributed by atoms with Crippen LogP contribution in [0.1, 0.15) is 20.8 Å². The van der Waals surface area contributed by atoms with Crippen molar-refractivity contribution in [2.75, 3.05) is 5.32 Å². The molecule has 7 heteroatoms. The van der Waals surface area contributed by atoms with E-state index in [1.54, 1.807) is 51.5 Å². The fourth-order valence-corrected chi connectivity index (χ4v) is 1.35. The predicted molar refractivity (Wildman–Crippen MR) is 69.0 cm³/mol. The van der Waals surface area contributed by atoms with Gasteiger partial charge in [-0.1, -0.05) is 5.21 Å². The lowest BCUT2D eigenvalue weighted by molar-refractivity contribution is 0.0635. The van der Waals surface area contributed by atoms with Crippen molar-refractivity contribution in [2.45, 2.75) is 26.4 Å². The number of rotatable bonds is 2. The van der Waals surface area contributed by atoms with Gasteiger partial charge in [0.1, 0.15) is 5.60 Å². The molecule has 2 aromatic heterocycles. The van der Waals surface area contributed by atoms with Crippen molar-refractivity contribution in [1.29, 1.82) is 0 Å². The third-order valence-electron chi connectivity index (χ3n) is 2.05. The van der Waals surface area contributed by atoms with Crippen molar-refractivity contribution in [3.05, 3.63) is 30.7 Å². The summed E-state index contributed by atoms with van der Waals surface area (Å²) in [7, 11) is 0. The van der Waals surface area contributed by atoms with Gasteiger partial charge in [-0.25, -0.2) is 9.48 Å². The summed E-state index contributed by atoms with van der Waals surface area (Å²) in [6.07, 6.45) is 4.34. The maximum atomic E-state index is 11.6. The van der Waals surface area contributed by atoms with Crippen LogP contribution in [0.2, 0.25) is 0 Å². The molecule has 0 unspecified atom stereocenters. The highest BCUT2D eigenvalue weighted by atomic mass is 16.6. The van der Waals surface area contributed by atoms with Gasteiger partial charge in [-0.15, -0.1) is 5.10 Å². The summed E-state index contributed by atoms with van der Waals surface area (Å²) in [5, 5.41) is 10.3. The van der Waals surface area contributed by atoms with Gasteiger partial charge in [0.25, 0.3) is 0 Å². The van der Waals surface area contributed by atoms with Crippen molar-refractivity contribution in [1.82, 2.24) is 20.0 Å². The first-order valence-electron chi connectivity index (χ1n) is 5.77. The lowest BCUT2D eigenvalue weighted by Crippen LogP contribution is -2.27. The third kappa shape index (κ3) is 3.77. The Balaban J connectivity index is 2.04. The van der Waals surface area contributed by atoms with Crippen LogP contribution in [0.15, 0.2) is 30.7 Å². The molecule has 0 aliphatic carbocycles. The summed E-state index contributed by atoms with van der Waals surface area (Å²) < 4.78 is 6.66. The van der Waals surface area contributed by atoms with Gasteiger partial charge < -0.3 is 4.74 Å². The number of nitrogens with one attached hydrogen (secondary N) is 1. The molecule has 1 amide bonds. The molecule has 2 aromatic rings. The van der Waals surface area contributed by atoms with Crippen LogP contribution in [0.3, 0.4) is 0 Å². The van der Waals surface area contributed by atoms with Crippen LogP contribution < -0.4 is 5.32 Å². The van der Waals surface area contributed by atoms with Gasteiger partial charge >= 0.3 is 6.09 Å². The van der Waals surface area contributed by atoms with Crippen LogP contribution in [-0.2, 0) is 4.74 Å². The number of carbonyl (C=O) groups is 1. The highest BCUT2D eigenvalue weighted by Gasteiger charge is 2.17. The summed E-state index contributed by atoms with van der Waals surface area (Å²) in [4.78, 5) is 15.5. The average molecular weight is 261 g/mol. The number of pyridine rings is 1. The molecule has 2 rings (SSSR count). The van der Waals surface area contributed by atoms with E-state index in [2.05, 4.69) is 20.6 Å². The number of aromatic nitrogens is 4. The van der Waals surface area contributed by atoms with Crippen molar-refractivity contribution in [3.8, 4) is 5.69 Å². The van der Waals surface area contributed by atoms with Gasteiger partial charge in [-0.3, -0.25) is 10.3 Å². The van der Waals surface area contributed by atoms with E-state index in [0.29, 0.717) is 5.82 Å².